The molecule has 1 aliphatic carbocycles. The lowest BCUT2D eigenvalue weighted by molar-refractivity contribution is 0.232. The van der Waals surface area contributed by atoms with E-state index < -0.39 is 0 Å². The molecule has 2 heterocycles. The number of hydrogen-bond acceptors (Lipinski definition) is 4. The van der Waals surface area contributed by atoms with Crippen molar-refractivity contribution in [2.45, 2.75) is 51.7 Å². The van der Waals surface area contributed by atoms with Gasteiger partial charge in [0.15, 0.2) is 0 Å². The zero-order valence-corrected chi connectivity index (χ0v) is 13.4. The molecule has 1 saturated carbocycles. The number of nitrogens with one attached hydrogen (secondary N) is 1. The van der Waals surface area contributed by atoms with E-state index in [1.165, 1.54) is 30.5 Å². The van der Waals surface area contributed by atoms with Crippen LogP contribution in [0.25, 0.3) is 0 Å². The summed E-state index contributed by atoms with van der Waals surface area (Å²) in [5.74, 6) is 0. The second-order valence-electron chi connectivity index (χ2n) is 6.27. The topological polar surface area (TPSA) is 31.4 Å². The predicted octanol–water partition coefficient (Wildman–Crippen LogP) is 2.25. The van der Waals surface area contributed by atoms with Crippen LogP contribution in [0.1, 0.15) is 38.7 Å². The molecule has 1 aliphatic heterocycles. The van der Waals surface area contributed by atoms with Crippen LogP contribution in [0.15, 0.2) is 18.5 Å². The molecule has 1 atom stereocenters. The maximum absolute atomic E-state index is 4.36. The van der Waals surface area contributed by atoms with E-state index in [4.69, 9.17) is 0 Å². The molecule has 4 heteroatoms. The molecule has 21 heavy (non-hydrogen) atoms. The Balaban J connectivity index is 1.66. The minimum Gasteiger partial charge on any atom is -0.368 e. The third-order valence-corrected chi connectivity index (χ3v) is 4.88. The molecule has 2 aliphatic rings. The Bertz CT molecular complexity index is 454. The van der Waals surface area contributed by atoms with Gasteiger partial charge in [0.2, 0.25) is 0 Å². The largest absolute Gasteiger partial charge is 0.368 e. The highest BCUT2D eigenvalue weighted by molar-refractivity contribution is 5.52. The molecule has 0 aromatic carbocycles. The molecular formula is C17H28N4. The van der Waals surface area contributed by atoms with Crippen LogP contribution >= 0.6 is 0 Å². The van der Waals surface area contributed by atoms with Gasteiger partial charge in [-0.25, -0.2) is 0 Å². The van der Waals surface area contributed by atoms with Gasteiger partial charge in [-0.2, -0.15) is 0 Å². The van der Waals surface area contributed by atoms with Gasteiger partial charge in [-0.1, -0.05) is 13.8 Å². The Kier molecular flexibility index (Phi) is 4.76. The fourth-order valence-electron chi connectivity index (χ4n) is 3.39. The number of aromatic nitrogens is 1. The molecule has 116 valence electrons. The van der Waals surface area contributed by atoms with E-state index in [0.29, 0.717) is 6.04 Å². The summed E-state index contributed by atoms with van der Waals surface area (Å²) in [5.41, 5.74) is 2.73. The Morgan fingerprint density at radius 2 is 2.10 bits per heavy atom. The molecule has 1 unspecified atom stereocenters. The third-order valence-electron chi connectivity index (χ3n) is 4.88. The van der Waals surface area contributed by atoms with Gasteiger partial charge >= 0.3 is 0 Å². The lowest BCUT2D eigenvalue weighted by Crippen LogP contribution is -2.37. The average molecular weight is 288 g/mol. The van der Waals surface area contributed by atoms with Crippen molar-refractivity contribution in [3.8, 4) is 0 Å². The van der Waals surface area contributed by atoms with E-state index >= 15 is 0 Å². The molecule has 0 spiro atoms. The second-order valence-corrected chi connectivity index (χ2v) is 6.27. The van der Waals surface area contributed by atoms with Gasteiger partial charge in [-0.3, -0.25) is 9.88 Å². The van der Waals surface area contributed by atoms with E-state index in [2.05, 4.69) is 46.2 Å². The van der Waals surface area contributed by atoms with E-state index in [0.717, 1.165) is 38.8 Å². The highest BCUT2D eigenvalue weighted by atomic mass is 15.3. The van der Waals surface area contributed by atoms with Crippen LogP contribution < -0.4 is 10.2 Å². The molecule has 1 aromatic heterocycles. The Hall–Kier alpha value is -1.13. The van der Waals surface area contributed by atoms with Crippen molar-refractivity contribution < 1.29 is 0 Å². The first-order valence-corrected chi connectivity index (χ1v) is 8.47. The van der Waals surface area contributed by atoms with Crippen LogP contribution in [0.2, 0.25) is 0 Å². The minimum atomic E-state index is 0.699. The van der Waals surface area contributed by atoms with Crippen molar-refractivity contribution in [1.29, 1.82) is 0 Å². The summed E-state index contributed by atoms with van der Waals surface area (Å²) in [4.78, 5) is 9.47. The normalized spacial score (nSPS) is 22.2. The Labute approximate surface area is 128 Å². The van der Waals surface area contributed by atoms with Crippen molar-refractivity contribution in [1.82, 2.24) is 15.2 Å². The average Bonchev–Trinajstić information content (AvgIpc) is 3.23. The number of nitrogens with zero attached hydrogens (tertiary/aromatic N) is 3. The van der Waals surface area contributed by atoms with E-state index in [9.17, 15) is 0 Å². The fraction of sp³-hybridized carbons (Fsp3) is 0.706. The number of anilines is 1. The number of pyridine rings is 1. The Morgan fingerprint density at radius 1 is 1.29 bits per heavy atom. The fourth-order valence-corrected chi connectivity index (χ4v) is 3.39. The van der Waals surface area contributed by atoms with Crippen molar-refractivity contribution in [3.05, 3.63) is 24.0 Å². The van der Waals surface area contributed by atoms with Crippen molar-refractivity contribution in [2.75, 3.05) is 31.1 Å². The number of rotatable bonds is 7. The first-order chi connectivity index (χ1) is 10.3. The van der Waals surface area contributed by atoms with Crippen LogP contribution in [0.4, 0.5) is 5.69 Å². The molecular weight excluding hydrogens is 260 g/mol. The first-order valence-electron chi connectivity index (χ1n) is 8.47. The van der Waals surface area contributed by atoms with Gasteiger partial charge in [0.05, 0.1) is 11.9 Å². The summed E-state index contributed by atoms with van der Waals surface area (Å²) in [6, 6.07) is 3.63. The highest BCUT2D eigenvalue weighted by Gasteiger charge is 2.28. The standard InChI is InChI=1S/C17H28N4/c1-3-20(4-2)16-8-10-21(13-16)17-12-18-9-7-14(17)11-19-15-5-6-15/h7,9,12,15-16,19H,3-6,8,10-11,13H2,1-2H3. The zero-order chi connectivity index (χ0) is 14.7. The summed E-state index contributed by atoms with van der Waals surface area (Å²) in [5, 5.41) is 3.63. The van der Waals surface area contributed by atoms with Crippen molar-refractivity contribution in [3.63, 3.8) is 0 Å². The predicted molar refractivity (Wildman–Crippen MR) is 87.6 cm³/mol. The SMILES string of the molecule is CCN(CC)C1CCN(c2cnccc2CNC2CC2)C1. The van der Waals surface area contributed by atoms with Crippen LogP contribution in [-0.4, -0.2) is 48.1 Å². The molecule has 3 rings (SSSR count). The summed E-state index contributed by atoms with van der Waals surface area (Å²) < 4.78 is 0. The van der Waals surface area contributed by atoms with E-state index in [-0.39, 0.29) is 0 Å². The summed E-state index contributed by atoms with van der Waals surface area (Å²) in [6.45, 7) is 10.1. The lowest BCUT2D eigenvalue weighted by Gasteiger charge is -2.27. The van der Waals surface area contributed by atoms with Gasteiger partial charge in [-0.15, -0.1) is 0 Å². The molecule has 0 radical (unpaired) electrons. The smallest absolute Gasteiger partial charge is 0.0598 e. The Morgan fingerprint density at radius 3 is 2.81 bits per heavy atom. The lowest BCUT2D eigenvalue weighted by atomic mass is 10.2. The summed E-state index contributed by atoms with van der Waals surface area (Å²) in [6.07, 6.45) is 7.92. The van der Waals surface area contributed by atoms with E-state index in [1.807, 2.05) is 6.20 Å². The van der Waals surface area contributed by atoms with Gasteiger partial charge < -0.3 is 10.2 Å². The molecule has 0 bridgehead atoms. The molecule has 1 saturated heterocycles. The molecule has 0 amide bonds. The first kappa shape index (κ1) is 14.8. The third kappa shape index (κ3) is 3.55. The molecule has 1 aromatic rings. The van der Waals surface area contributed by atoms with Gasteiger partial charge in [0, 0.05) is 37.9 Å². The van der Waals surface area contributed by atoms with Crippen molar-refractivity contribution in [2.24, 2.45) is 0 Å². The van der Waals surface area contributed by atoms with Crippen LogP contribution in [-0.2, 0) is 6.54 Å². The maximum Gasteiger partial charge on any atom is 0.0598 e. The molecule has 4 nitrogen and oxygen atoms in total. The minimum absolute atomic E-state index is 0.699. The number of hydrogen-bond donors (Lipinski definition) is 1. The quantitative estimate of drug-likeness (QED) is 0.834. The van der Waals surface area contributed by atoms with Crippen LogP contribution in [0, 0.1) is 0 Å². The van der Waals surface area contributed by atoms with Gasteiger partial charge in [0.1, 0.15) is 0 Å². The maximum atomic E-state index is 4.36. The highest BCUT2D eigenvalue weighted by Crippen LogP contribution is 2.27. The number of likely N-dealkylation sites (N-methyl/N-ethyl adjacent to an activating group) is 1. The van der Waals surface area contributed by atoms with Gasteiger partial charge in [-0.05, 0) is 44.0 Å². The second kappa shape index (κ2) is 6.75. The van der Waals surface area contributed by atoms with Crippen molar-refractivity contribution >= 4 is 5.69 Å². The van der Waals surface area contributed by atoms with Crippen LogP contribution in [0.3, 0.4) is 0 Å². The zero-order valence-electron chi connectivity index (χ0n) is 13.4. The monoisotopic (exact) mass is 288 g/mol. The summed E-state index contributed by atoms with van der Waals surface area (Å²) in [7, 11) is 0. The van der Waals surface area contributed by atoms with Gasteiger partial charge in [0.25, 0.3) is 0 Å². The molecule has 2 fully saturated rings. The molecule has 1 N–H and O–H groups in total. The summed E-state index contributed by atoms with van der Waals surface area (Å²) >= 11 is 0. The van der Waals surface area contributed by atoms with E-state index in [1.54, 1.807) is 0 Å². The van der Waals surface area contributed by atoms with Crippen LogP contribution in [0.5, 0.6) is 0 Å².